The fourth-order valence-electron chi connectivity index (χ4n) is 4.15. The van der Waals surface area contributed by atoms with Crippen LogP contribution in [0, 0.1) is 6.92 Å². The molecule has 0 unspecified atom stereocenters. The van der Waals surface area contributed by atoms with Crippen molar-refractivity contribution in [2.45, 2.75) is 71.4 Å². The van der Waals surface area contributed by atoms with E-state index in [9.17, 15) is 9.59 Å². The van der Waals surface area contributed by atoms with Gasteiger partial charge in [-0.25, -0.2) is 9.78 Å². The maximum Gasteiger partial charge on any atom is 0.348 e. The lowest BCUT2D eigenvalue weighted by molar-refractivity contribution is 0.0216. The van der Waals surface area contributed by atoms with Gasteiger partial charge in [0.25, 0.3) is 5.56 Å². The van der Waals surface area contributed by atoms with Gasteiger partial charge in [0, 0.05) is 6.54 Å². The van der Waals surface area contributed by atoms with E-state index in [0.717, 1.165) is 37.9 Å². The molecule has 0 aliphatic heterocycles. The van der Waals surface area contributed by atoms with Crippen LogP contribution in [-0.4, -0.2) is 28.2 Å². The van der Waals surface area contributed by atoms with Gasteiger partial charge < -0.3 is 9.47 Å². The molecule has 1 saturated carbocycles. The van der Waals surface area contributed by atoms with Crippen LogP contribution in [-0.2, 0) is 17.7 Å². The van der Waals surface area contributed by atoms with Crippen molar-refractivity contribution >= 4 is 27.5 Å². The lowest BCUT2D eigenvalue weighted by atomic mass is 9.98. The van der Waals surface area contributed by atoms with Crippen LogP contribution >= 0.6 is 11.3 Å². The van der Waals surface area contributed by atoms with Crippen LogP contribution in [0.25, 0.3) is 10.2 Å². The van der Waals surface area contributed by atoms with Crippen molar-refractivity contribution < 1.29 is 14.3 Å². The molecule has 1 fully saturated rings. The summed E-state index contributed by atoms with van der Waals surface area (Å²) in [4.78, 5) is 31.3. The first-order valence-electron chi connectivity index (χ1n) is 11.5. The minimum absolute atomic E-state index is 0.0105. The number of thiophene rings is 1. The molecule has 4 rings (SSSR count). The van der Waals surface area contributed by atoms with Crippen LogP contribution in [0.3, 0.4) is 0 Å². The predicted octanol–water partition coefficient (Wildman–Crippen LogP) is 5.29. The summed E-state index contributed by atoms with van der Waals surface area (Å²) in [5.41, 5.74) is 1.83. The van der Waals surface area contributed by atoms with Gasteiger partial charge in [-0.2, -0.15) is 0 Å². The first-order chi connectivity index (χ1) is 15.6. The van der Waals surface area contributed by atoms with Crippen molar-refractivity contribution in [3.05, 3.63) is 57.0 Å². The Hall–Kier alpha value is -2.67. The van der Waals surface area contributed by atoms with Crippen LogP contribution in [0.15, 0.2) is 35.4 Å². The standard InChI is InChI=1S/C25H30N2O4S/c1-3-18-10-12-19(13-11-18)30-15-7-14-27-16-26-23-21(24(27)28)17(2)22(32-23)25(29)31-20-8-5-4-6-9-20/h10-13,16,20H,3-9,14-15H2,1-2H3. The molecule has 1 aliphatic carbocycles. The molecule has 0 amide bonds. The Labute approximate surface area is 192 Å². The number of nitrogens with zero attached hydrogens (tertiary/aromatic N) is 2. The number of rotatable bonds is 8. The van der Waals surface area contributed by atoms with E-state index < -0.39 is 0 Å². The first-order valence-corrected chi connectivity index (χ1v) is 12.3. The second-order valence-electron chi connectivity index (χ2n) is 8.34. The zero-order valence-electron chi connectivity index (χ0n) is 18.8. The molecule has 0 saturated heterocycles. The molecule has 32 heavy (non-hydrogen) atoms. The highest BCUT2D eigenvalue weighted by molar-refractivity contribution is 7.20. The molecule has 0 bridgehead atoms. The number of fused-ring (bicyclic) bond motifs is 1. The molecule has 3 aromatic rings. The Bertz CT molecular complexity index is 1130. The van der Waals surface area contributed by atoms with Crippen molar-refractivity contribution in [3.63, 3.8) is 0 Å². The van der Waals surface area contributed by atoms with Crippen LogP contribution in [0.2, 0.25) is 0 Å². The van der Waals surface area contributed by atoms with Crippen molar-refractivity contribution in [1.29, 1.82) is 0 Å². The molecule has 0 atom stereocenters. The third-order valence-corrected chi connectivity index (χ3v) is 7.25. The van der Waals surface area contributed by atoms with E-state index in [-0.39, 0.29) is 17.6 Å². The number of esters is 1. The largest absolute Gasteiger partial charge is 0.494 e. The number of carbonyl (C=O) groups excluding carboxylic acids is 1. The Morgan fingerprint density at radius 1 is 1.19 bits per heavy atom. The van der Waals surface area contributed by atoms with E-state index >= 15 is 0 Å². The molecule has 0 radical (unpaired) electrons. The van der Waals surface area contributed by atoms with Crippen molar-refractivity contribution in [2.24, 2.45) is 0 Å². The van der Waals surface area contributed by atoms with Crippen LogP contribution in [0.4, 0.5) is 0 Å². The molecule has 0 spiro atoms. The quantitative estimate of drug-likeness (QED) is 0.342. The third-order valence-electron chi connectivity index (χ3n) is 6.07. The van der Waals surface area contributed by atoms with Gasteiger partial charge in [0.2, 0.25) is 0 Å². The fraction of sp³-hybridized carbons (Fsp3) is 0.480. The summed E-state index contributed by atoms with van der Waals surface area (Å²) in [7, 11) is 0. The predicted molar refractivity (Wildman–Crippen MR) is 127 cm³/mol. The average molecular weight is 455 g/mol. The summed E-state index contributed by atoms with van der Waals surface area (Å²) < 4.78 is 13.1. The Balaban J connectivity index is 1.40. The van der Waals surface area contributed by atoms with Gasteiger partial charge in [-0.15, -0.1) is 11.3 Å². The van der Waals surface area contributed by atoms with Gasteiger partial charge in [0.1, 0.15) is 21.6 Å². The Morgan fingerprint density at radius 3 is 2.66 bits per heavy atom. The van der Waals surface area contributed by atoms with Crippen LogP contribution in [0.5, 0.6) is 5.75 Å². The molecule has 0 N–H and O–H groups in total. The monoisotopic (exact) mass is 454 g/mol. The second kappa shape index (κ2) is 10.3. The van der Waals surface area contributed by atoms with E-state index in [4.69, 9.17) is 9.47 Å². The zero-order chi connectivity index (χ0) is 22.5. The first kappa shape index (κ1) is 22.5. The number of ether oxygens (including phenoxy) is 2. The zero-order valence-corrected chi connectivity index (χ0v) is 19.6. The van der Waals surface area contributed by atoms with Crippen molar-refractivity contribution in [1.82, 2.24) is 9.55 Å². The number of benzene rings is 1. The van der Waals surface area contributed by atoms with Crippen LogP contribution in [0.1, 0.15) is 66.2 Å². The molecule has 6 nitrogen and oxygen atoms in total. The van der Waals surface area contributed by atoms with Gasteiger partial charge in [0.15, 0.2) is 0 Å². The molecule has 1 aromatic carbocycles. The van der Waals surface area contributed by atoms with E-state index in [1.54, 1.807) is 10.9 Å². The summed E-state index contributed by atoms with van der Waals surface area (Å²) in [6.45, 7) is 4.95. The molecular formula is C25H30N2O4S. The van der Waals surface area contributed by atoms with Gasteiger partial charge in [-0.3, -0.25) is 9.36 Å². The normalized spacial score (nSPS) is 14.6. The van der Waals surface area contributed by atoms with E-state index in [1.807, 2.05) is 19.1 Å². The minimum Gasteiger partial charge on any atom is -0.494 e. The van der Waals surface area contributed by atoms with E-state index in [2.05, 4.69) is 24.0 Å². The average Bonchev–Trinajstić information content (AvgIpc) is 3.16. The topological polar surface area (TPSA) is 70.4 Å². The van der Waals surface area contributed by atoms with Crippen LogP contribution < -0.4 is 10.3 Å². The molecule has 7 heteroatoms. The summed E-state index contributed by atoms with van der Waals surface area (Å²) in [5, 5.41) is 0.518. The van der Waals surface area contributed by atoms with Crippen molar-refractivity contribution in [3.8, 4) is 5.75 Å². The number of hydrogen-bond donors (Lipinski definition) is 0. The second-order valence-corrected chi connectivity index (χ2v) is 9.34. The SMILES string of the molecule is CCc1ccc(OCCCn2cnc3sc(C(=O)OC4CCCCC4)c(C)c3c2=O)cc1. The molecule has 2 aromatic heterocycles. The number of aryl methyl sites for hydroxylation is 3. The molecular weight excluding hydrogens is 424 g/mol. The highest BCUT2D eigenvalue weighted by Crippen LogP contribution is 2.29. The number of aromatic nitrogens is 2. The van der Waals surface area contributed by atoms with Gasteiger partial charge in [0.05, 0.1) is 18.3 Å². The molecule has 2 heterocycles. The van der Waals surface area contributed by atoms with Gasteiger partial charge in [-0.05, 0) is 68.7 Å². The Kier molecular flexibility index (Phi) is 7.25. The fourth-order valence-corrected chi connectivity index (χ4v) is 5.17. The maximum absolute atomic E-state index is 13.0. The lowest BCUT2D eigenvalue weighted by Crippen LogP contribution is -2.22. The highest BCUT2D eigenvalue weighted by atomic mass is 32.1. The summed E-state index contributed by atoms with van der Waals surface area (Å²) >= 11 is 1.25. The minimum atomic E-state index is -0.328. The maximum atomic E-state index is 13.0. The van der Waals surface area contributed by atoms with E-state index in [0.29, 0.717) is 40.2 Å². The van der Waals surface area contributed by atoms with E-state index in [1.165, 1.54) is 23.3 Å². The number of hydrogen-bond acceptors (Lipinski definition) is 6. The van der Waals surface area contributed by atoms with Gasteiger partial charge in [-0.1, -0.05) is 25.5 Å². The summed E-state index contributed by atoms with van der Waals surface area (Å²) in [6.07, 6.45) is 8.48. The summed E-state index contributed by atoms with van der Waals surface area (Å²) in [5.74, 6) is 0.503. The lowest BCUT2D eigenvalue weighted by Gasteiger charge is -2.21. The molecule has 170 valence electrons. The van der Waals surface area contributed by atoms with Crippen molar-refractivity contribution in [2.75, 3.05) is 6.61 Å². The molecule has 1 aliphatic rings. The third kappa shape index (κ3) is 5.04. The Morgan fingerprint density at radius 2 is 1.94 bits per heavy atom. The number of carbonyl (C=O) groups is 1. The summed E-state index contributed by atoms with van der Waals surface area (Å²) in [6, 6.07) is 8.07. The van der Waals surface area contributed by atoms with Gasteiger partial charge >= 0.3 is 5.97 Å². The smallest absolute Gasteiger partial charge is 0.348 e. The highest BCUT2D eigenvalue weighted by Gasteiger charge is 2.24.